The van der Waals surface area contributed by atoms with Gasteiger partial charge in [0, 0.05) is 18.8 Å². The first-order valence-electron chi connectivity index (χ1n) is 8.70. The van der Waals surface area contributed by atoms with E-state index in [1.54, 1.807) is 32.6 Å². The Morgan fingerprint density at radius 3 is 2.23 bits per heavy atom. The SMILES string of the molecule is Cc1[nH]c(C(=O)O[C@@H](C)C(=O)N2CCOCC2)c(C)c1C(=O)OC(C)C. The second-order valence-corrected chi connectivity index (χ2v) is 6.56. The molecule has 1 aliphatic heterocycles. The summed E-state index contributed by atoms with van der Waals surface area (Å²) in [5, 5.41) is 0. The van der Waals surface area contributed by atoms with Gasteiger partial charge in [0.15, 0.2) is 6.10 Å². The summed E-state index contributed by atoms with van der Waals surface area (Å²) in [7, 11) is 0. The van der Waals surface area contributed by atoms with Crippen LogP contribution in [-0.2, 0) is 19.0 Å². The molecule has 1 amide bonds. The number of carbonyl (C=O) groups excluding carboxylic acids is 3. The summed E-state index contributed by atoms with van der Waals surface area (Å²) in [6.07, 6.45) is -1.19. The van der Waals surface area contributed by atoms with E-state index in [9.17, 15) is 14.4 Å². The molecule has 8 heteroatoms. The van der Waals surface area contributed by atoms with E-state index in [1.165, 1.54) is 6.92 Å². The summed E-state index contributed by atoms with van der Waals surface area (Å²) < 4.78 is 15.7. The number of ether oxygens (including phenoxy) is 3. The van der Waals surface area contributed by atoms with E-state index in [-0.39, 0.29) is 17.7 Å². The lowest BCUT2D eigenvalue weighted by Gasteiger charge is -2.28. The van der Waals surface area contributed by atoms with Gasteiger partial charge < -0.3 is 24.1 Å². The van der Waals surface area contributed by atoms with Gasteiger partial charge in [0.05, 0.1) is 24.9 Å². The van der Waals surface area contributed by atoms with Crippen molar-refractivity contribution in [3.05, 3.63) is 22.5 Å². The minimum atomic E-state index is -0.922. The number of hydrogen-bond acceptors (Lipinski definition) is 6. The van der Waals surface area contributed by atoms with Gasteiger partial charge in [-0.3, -0.25) is 4.79 Å². The lowest BCUT2D eigenvalue weighted by atomic mass is 10.1. The predicted molar refractivity (Wildman–Crippen MR) is 93.1 cm³/mol. The van der Waals surface area contributed by atoms with Crippen LogP contribution in [-0.4, -0.2) is 66.2 Å². The molecule has 1 saturated heterocycles. The molecule has 0 bridgehead atoms. The second kappa shape index (κ2) is 8.35. The van der Waals surface area contributed by atoms with Crippen molar-refractivity contribution in [3.8, 4) is 0 Å². The van der Waals surface area contributed by atoms with E-state index in [0.717, 1.165) is 0 Å². The highest BCUT2D eigenvalue weighted by Crippen LogP contribution is 2.21. The number of rotatable bonds is 5. The van der Waals surface area contributed by atoms with Crippen LogP contribution in [0.3, 0.4) is 0 Å². The number of amides is 1. The Bertz CT molecular complexity index is 688. The fraction of sp³-hybridized carbons (Fsp3) is 0.611. The zero-order valence-corrected chi connectivity index (χ0v) is 15.9. The Morgan fingerprint density at radius 2 is 1.65 bits per heavy atom. The van der Waals surface area contributed by atoms with Crippen LogP contribution in [0.4, 0.5) is 0 Å². The molecule has 0 unspecified atom stereocenters. The lowest BCUT2D eigenvalue weighted by Crippen LogP contribution is -2.46. The van der Waals surface area contributed by atoms with Gasteiger partial charge >= 0.3 is 11.9 Å². The number of nitrogens with one attached hydrogen (secondary N) is 1. The second-order valence-electron chi connectivity index (χ2n) is 6.56. The third-order valence-electron chi connectivity index (χ3n) is 4.14. The van der Waals surface area contributed by atoms with Gasteiger partial charge in [-0.25, -0.2) is 9.59 Å². The van der Waals surface area contributed by atoms with Gasteiger partial charge in [-0.05, 0) is 40.2 Å². The molecular formula is C18H26N2O6. The van der Waals surface area contributed by atoms with E-state index in [2.05, 4.69) is 4.98 Å². The molecule has 144 valence electrons. The summed E-state index contributed by atoms with van der Waals surface area (Å²) in [6, 6.07) is 0. The molecule has 0 spiro atoms. The Balaban J connectivity index is 2.09. The maximum atomic E-state index is 12.5. The summed E-state index contributed by atoms with van der Waals surface area (Å²) >= 11 is 0. The van der Waals surface area contributed by atoms with Crippen molar-refractivity contribution in [2.45, 2.75) is 46.8 Å². The molecule has 26 heavy (non-hydrogen) atoms. The molecule has 1 aliphatic rings. The molecule has 1 fully saturated rings. The number of hydrogen-bond donors (Lipinski definition) is 1. The maximum Gasteiger partial charge on any atom is 0.355 e. The van der Waals surface area contributed by atoms with Crippen LogP contribution in [0.25, 0.3) is 0 Å². The highest BCUT2D eigenvalue weighted by Gasteiger charge is 2.29. The summed E-state index contributed by atoms with van der Waals surface area (Å²) in [6.45, 7) is 10.3. The van der Waals surface area contributed by atoms with Gasteiger partial charge in [0.2, 0.25) is 0 Å². The maximum absolute atomic E-state index is 12.5. The van der Waals surface area contributed by atoms with Crippen LogP contribution in [0, 0.1) is 13.8 Å². The van der Waals surface area contributed by atoms with E-state index in [0.29, 0.717) is 43.1 Å². The molecule has 8 nitrogen and oxygen atoms in total. The van der Waals surface area contributed by atoms with E-state index in [4.69, 9.17) is 14.2 Å². The number of aromatic nitrogens is 1. The molecule has 0 saturated carbocycles. The normalized spacial score (nSPS) is 15.7. The minimum absolute atomic E-state index is 0.153. The Kier molecular flexibility index (Phi) is 6.42. The number of aryl methyl sites for hydroxylation is 1. The fourth-order valence-corrected chi connectivity index (χ4v) is 2.84. The number of morpholine rings is 1. The largest absolute Gasteiger partial charge is 0.459 e. The van der Waals surface area contributed by atoms with Crippen molar-refractivity contribution in [3.63, 3.8) is 0 Å². The first kappa shape index (κ1) is 20.0. The Labute approximate surface area is 152 Å². The van der Waals surface area contributed by atoms with Crippen molar-refractivity contribution in [1.82, 2.24) is 9.88 Å². The third-order valence-corrected chi connectivity index (χ3v) is 4.14. The Morgan fingerprint density at radius 1 is 1.04 bits per heavy atom. The van der Waals surface area contributed by atoms with Gasteiger partial charge in [0.25, 0.3) is 5.91 Å². The van der Waals surface area contributed by atoms with Gasteiger partial charge in [0.1, 0.15) is 5.69 Å². The van der Waals surface area contributed by atoms with Crippen LogP contribution in [0.1, 0.15) is 52.9 Å². The molecule has 0 aliphatic carbocycles. The van der Waals surface area contributed by atoms with Crippen molar-refractivity contribution in [1.29, 1.82) is 0 Å². The zero-order valence-electron chi connectivity index (χ0n) is 15.9. The van der Waals surface area contributed by atoms with Crippen molar-refractivity contribution >= 4 is 17.8 Å². The van der Waals surface area contributed by atoms with Crippen molar-refractivity contribution in [2.75, 3.05) is 26.3 Å². The standard InChI is InChI=1S/C18H26N2O6/c1-10(2)25-17(22)14-11(3)15(19-12(14)4)18(23)26-13(5)16(21)20-6-8-24-9-7-20/h10,13,19H,6-9H2,1-5H3/t13-/m0/s1. The predicted octanol–water partition coefficient (Wildman–Crippen LogP) is 1.60. The number of carbonyl (C=O) groups is 3. The average molecular weight is 366 g/mol. The number of esters is 2. The molecule has 0 aromatic carbocycles. The van der Waals surface area contributed by atoms with Gasteiger partial charge in [-0.1, -0.05) is 0 Å². The Hall–Kier alpha value is -2.35. The molecule has 0 radical (unpaired) electrons. The van der Waals surface area contributed by atoms with Crippen LogP contribution in [0.2, 0.25) is 0 Å². The van der Waals surface area contributed by atoms with Crippen LogP contribution in [0.15, 0.2) is 0 Å². The fourth-order valence-electron chi connectivity index (χ4n) is 2.84. The first-order valence-corrected chi connectivity index (χ1v) is 8.70. The quantitative estimate of drug-likeness (QED) is 0.795. The van der Waals surface area contributed by atoms with Crippen LogP contribution in [0.5, 0.6) is 0 Å². The van der Waals surface area contributed by atoms with E-state index >= 15 is 0 Å². The minimum Gasteiger partial charge on any atom is -0.459 e. The highest BCUT2D eigenvalue weighted by atomic mass is 16.6. The average Bonchev–Trinajstić information content (AvgIpc) is 2.88. The van der Waals surface area contributed by atoms with Crippen molar-refractivity contribution < 1.29 is 28.6 Å². The van der Waals surface area contributed by atoms with E-state index in [1.807, 2.05) is 0 Å². The summed E-state index contributed by atoms with van der Waals surface area (Å²) in [5.41, 5.74) is 1.44. The van der Waals surface area contributed by atoms with Gasteiger partial charge in [-0.2, -0.15) is 0 Å². The molecule has 2 rings (SSSR count). The number of H-pyrrole nitrogens is 1. The molecule has 1 aromatic heterocycles. The van der Waals surface area contributed by atoms with Crippen LogP contribution >= 0.6 is 0 Å². The smallest absolute Gasteiger partial charge is 0.355 e. The number of aromatic amines is 1. The molecular weight excluding hydrogens is 340 g/mol. The molecule has 1 atom stereocenters. The van der Waals surface area contributed by atoms with Gasteiger partial charge in [-0.15, -0.1) is 0 Å². The monoisotopic (exact) mass is 366 g/mol. The third kappa shape index (κ3) is 4.43. The zero-order chi connectivity index (χ0) is 19.4. The molecule has 1 N–H and O–H groups in total. The number of nitrogens with zero attached hydrogens (tertiary/aromatic N) is 1. The summed E-state index contributed by atoms with van der Waals surface area (Å²) in [5.74, 6) is -1.44. The first-order chi connectivity index (χ1) is 12.2. The lowest BCUT2D eigenvalue weighted by molar-refractivity contribution is -0.143. The summed E-state index contributed by atoms with van der Waals surface area (Å²) in [4.78, 5) is 41.5. The molecule has 2 heterocycles. The van der Waals surface area contributed by atoms with Crippen molar-refractivity contribution in [2.24, 2.45) is 0 Å². The molecule has 1 aromatic rings. The topological polar surface area (TPSA) is 97.9 Å². The van der Waals surface area contributed by atoms with Crippen LogP contribution < -0.4 is 0 Å². The van der Waals surface area contributed by atoms with E-state index < -0.39 is 18.0 Å². The highest BCUT2D eigenvalue weighted by molar-refractivity contribution is 5.99.